The van der Waals surface area contributed by atoms with Crippen LogP contribution >= 0.6 is 0 Å². The summed E-state index contributed by atoms with van der Waals surface area (Å²) in [5.41, 5.74) is 6.97. The van der Waals surface area contributed by atoms with Crippen LogP contribution in [0.5, 0.6) is 11.5 Å². The lowest BCUT2D eigenvalue weighted by Crippen LogP contribution is -2.22. The minimum atomic E-state index is -0.357. The fourth-order valence-corrected chi connectivity index (χ4v) is 4.13. The highest BCUT2D eigenvalue weighted by Crippen LogP contribution is 2.35. The van der Waals surface area contributed by atoms with Crippen molar-refractivity contribution in [2.24, 2.45) is 5.10 Å². The van der Waals surface area contributed by atoms with Crippen molar-refractivity contribution in [3.05, 3.63) is 76.2 Å². The van der Waals surface area contributed by atoms with E-state index in [4.69, 9.17) is 13.9 Å². The molecule has 0 atom stereocenters. The topological polar surface area (TPSA) is 102 Å². The Bertz CT molecular complexity index is 1290. The lowest BCUT2D eigenvalue weighted by molar-refractivity contribution is 0.0953. The third-order valence-electron chi connectivity index (χ3n) is 5.74. The van der Waals surface area contributed by atoms with Gasteiger partial charge in [-0.1, -0.05) is 17.7 Å². The molecule has 0 radical (unpaired) electrons. The highest BCUT2D eigenvalue weighted by atomic mass is 16.7. The number of nitrogens with zero attached hydrogens (tertiary/aromatic N) is 1. The maximum atomic E-state index is 13.0. The van der Waals surface area contributed by atoms with Crippen molar-refractivity contribution in [3.8, 4) is 11.5 Å². The van der Waals surface area contributed by atoms with Gasteiger partial charge in [0.1, 0.15) is 5.76 Å². The zero-order valence-corrected chi connectivity index (χ0v) is 18.4. The van der Waals surface area contributed by atoms with Crippen molar-refractivity contribution in [2.75, 3.05) is 12.1 Å². The van der Waals surface area contributed by atoms with Crippen LogP contribution in [0.3, 0.4) is 0 Å². The van der Waals surface area contributed by atoms with E-state index in [0.717, 1.165) is 17.5 Å². The number of benzene rings is 2. The molecule has 0 saturated carbocycles. The third-order valence-corrected chi connectivity index (χ3v) is 5.74. The number of hydrogen-bond donors (Lipinski definition) is 2. The number of fused-ring (bicyclic) bond motifs is 2. The zero-order valence-electron chi connectivity index (χ0n) is 18.4. The third kappa shape index (κ3) is 4.07. The Hall–Kier alpha value is -4.07. The van der Waals surface area contributed by atoms with Gasteiger partial charge in [-0.15, -0.1) is 0 Å². The average Bonchev–Trinajstić information content (AvgIpc) is 3.41. The number of hydrogen-bond acceptors (Lipinski definition) is 6. The van der Waals surface area contributed by atoms with Crippen molar-refractivity contribution < 1.29 is 23.5 Å². The van der Waals surface area contributed by atoms with Gasteiger partial charge in [-0.3, -0.25) is 9.59 Å². The zero-order chi connectivity index (χ0) is 22.9. The first-order valence-electron chi connectivity index (χ1n) is 10.8. The highest BCUT2D eigenvalue weighted by molar-refractivity contribution is 6.09. The average molecular weight is 445 g/mol. The summed E-state index contributed by atoms with van der Waals surface area (Å²) in [6.07, 6.45) is 2.21. The van der Waals surface area contributed by atoms with Gasteiger partial charge in [0.05, 0.1) is 5.71 Å². The van der Waals surface area contributed by atoms with E-state index in [9.17, 15) is 9.59 Å². The summed E-state index contributed by atoms with van der Waals surface area (Å²) in [5.74, 6) is 1.54. The molecule has 2 amide bonds. The molecule has 5 rings (SSSR count). The van der Waals surface area contributed by atoms with Gasteiger partial charge in [0.25, 0.3) is 11.8 Å². The van der Waals surface area contributed by atoms with E-state index in [0.29, 0.717) is 52.6 Å². The fraction of sp³-hybridized carbons (Fsp3) is 0.240. The van der Waals surface area contributed by atoms with Crippen molar-refractivity contribution >= 4 is 23.2 Å². The molecule has 1 aliphatic carbocycles. The summed E-state index contributed by atoms with van der Waals surface area (Å²) in [5, 5.41) is 7.23. The van der Waals surface area contributed by atoms with Gasteiger partial charge < -0.3 is 19.2 Å². The fourth-order valence-electron chi connectivity index (χ4n) is 4.13. The number of amides is 2. The molecule has 0 bridgehead atoms. The summed E-state index contributed by atoms with van der Waals surface area (Å²) >= 11 is 0. The molecule has 0 saturated heterocycles. The van der Waals surface area contributed by atoms with E-state index >= 15 is 0 Å². The molecule has 2 N–H and O–H groups in total. The second kappa shape index (κ2) is 8.46. The van der Waals surface area contributed by atoms with E-state index in [1.54, 1.807) is 24.3 Å². The number of carbonyl (C=O) groups is 2. The van der Waals surface area contributed by atoms with Crippen molar-refractivity contribution in [2.45, 2.75) is 33.1 Å². The van der Waals surface area contributed by atoms with Crippen molar-refractivity contribution in [1.82, 2.24) is 5.43 Å². The molecule has 8 nitrogen and oxygen atoms in total. The first-order valence-corrected chi connectivity index (χ1v) is 10.8. The molecule has 0 spiro atoms. The maximum absolute atomic E-state index is 13.0. The van der Waals surface area contributed by atoms with Gasteiger partial charge in [-0.25, -0.2) is 5.43 Å². The first kappa shape index (κ1) is 20.8. The number of nitrogens with one attached hydrogen (secondary N) is 2. The van der Waals surface area contributed by atoms with Gasteiger partial charge in [0, 0.05) is 34.9 Å². The predicted octanol–water partition coefficient (Wildman–Crippen LogP) is 4.35. The van der Waals surface area contributed by atoms with Crippen molar-refractivity contribution in [3.63, 3.8) is 0 Å². The van der Waals surface area contributed by atoms with Crippen LogP contribution in [0.1, 0.15) is 56.2 Å². The first-order chi connectivity index (χ1) is 16.0. The van der Waals surface area contributed by atoms with E-state index in [-0.39, 0.29) is 24.4 Å². The number of carbonyl (C=O) groups excluding carboxylic acids is 2. The molecule has 3 aromatic rings. The minimum absolute atomic E-state index is 0.166. The van der Waals surface area contributed by atoms with Gasteiger partial charge in [0.15, 0.2) is 17.3 Å². The lowest BCUT2D eigenvalue weighted by atomic mass is 9.93. The Morgan fingerprint density at radius 3 is 2.67 bits per heavy atom. The Balaban J connectivity index is 1.36. The predicted molar refractivity (Wildman–Crippen MR) is 122 cm³/mol. The van der Waals surface area contributed by atoms with Crippen LogP contribution in [0, 0.1) is 13.8 Å². The molecule has 1 aliphatic heterocycles. The molecule has 33 heavy (non-hydrogen) atoms. The summed E-state index contributed by atoms with van der Waals surface area (Å²) in [7, 11) is 0. The van der Waals surface area contributed by atoms with E-state index < -0.39 is 0 Å². The van der Waals surface area contributed by atoms with Crippen LogP contribution in [0.25, 0.3) is 0 Å². The minimum Gasteiger partial charge on any atom is -0.455 e. The van der Waals surface area contributed by atoms with Crippen LogP contribution in [-0.4, -0.2) is 24.3 Å². The molecule has 2 aliphatic rings. The van der Waals surface area contributed by atoms with Crippen molar-refractivity contribution in [1.29, 1.82) is 0 Å². The van der Waals surface area contributed by atoms with Crippen LogP contribution in [0.2, 0.25) is 0 Å². The number of ether oxygens (including phenoxy) is 2. The van der Waals surface area contributed by atoms with Gasteiger partial charge in [0.2, 0.25) is 6.79 Å². The molecular weight excluding hydrogens is 422 g/mol. The Labute approximate surface area is 190 Å². The Morgan fingerprint density at radius 1 is 0.970 bits per heavy atom. The Morgan fingerprint density at radius 2 is 1.82 bits per heavy atom. The largest absolute Gasteiger partial charge is 0.455 e. The molecule has 2 aromatic carbocycles. The molecule has 1 aromatic heterocycles. The Kier molecular flexibility index (Phi) is 5.34. The van der Waals surface area contributed by atoms with E-state index in [2.05, 4.69) is 15.8 Å². The van der Waals surface area contributed by atoms with Gasteiger partial charge in [-0.05, 0) is 51.0 Å². The standard InChI is InChI=1S/C25H23N3O5/c1-14-5-3-6-16(11-14)24(29)28-27-18-7-4-8-20-22(18)15(2)23(33-20)25(30)26-17-9-10-19-21(12-17)32-13-31-19/h3,5-6,9-12H,4,7-8,13H2,1-2H3,(H,26,30)(H,28,29)/b27-18+. The number of rotatable bonds is 4. The number of hydrazone groups is 1. The lowest BCUT2D eigenvalue weighted by Gasteiger charge is -2.13. The molecule has 168 valence electrons. The molecule has 2 heterocycles. The van der Waals surface area contributed by atoms with Crippen LogP contribution in [0.4, 0.5) is 5.69 Å². The van der Waals surface area contributed by atoms with Crippen LogP contribution in [0.15, 0.2) is 52.0 Å². The number of aryl methyl sites for hydroxylation is 2. The van der Waals surface area contributed by atoms with E-state index in [1.807, 2.05) is 32.0 Å². The van der Waals surface area contributed by atoms with E-state index in [1.165, 1.54) is 0 Å². The summed E-state index contributed by atoms with van der Waals surface area (Å²) < 4.78 is 16.6. The summed E-state index contributed by atoms with van der Waals surface area (Å²) in [6.45, 7) is 3.93. The van der Waals surface area contributed by atoms with Crippen LogP contribution < -0.4 is 20.2 Å². The molecule has 8 heteroatoms. The molecular formula is C25H23N3O5. The molecule has 0 fully saturated rings. The number of furan rings is 1. The number of anilines is 1. The normalized spacial score (nSPS) is 15.3. The SMILES string of the molecule is Cc1cccc(C(=O)N/N=C2\CCCc3oc(C(=O)Nc4ccc5c(c4)OCO5)c(C)c32)c1. The smallest absolute Gasteiger partial charge is 0.291 e. The summed E-state index contributed by atoms with van der Waals surface area (Å²) in [4.78, 5) is 25.5. The molecule has 0 unspecified atom stereocenters. The highest BCUT2D eigenvalue weighted by Gasteiger charge is 2.28. The second-order valence-corrected chi connectivity index (χ2v) is 8.10. The van der Waals surface area contributed by atoms with Gasteiger partial charge >= 0.3 is 0 Å². The van der Waals surface area contributed by atoms with Gasteiger partial charge in [-0.2, -0.15) is 5.10 Å². The summed E-state index contributed by atoms with van der Waals surface area (Å²) in [6, 6.07) is 12.5. The maximum Gasteiger partial charge on any atom is 0.291 e. The monoisotopic (exact) mass is 445 g/mol. The second-order valence-electron chi connectivity index (χ2n) is 8.10. The van der Waals surface area contributed by atoms with Crippen LogP contribution in [-0.2, 0) is 6.42 Å². The quantitative estimate of drug-likeness (QED) is 0.582.